The highest BCUT2D eigenvalue weighted by atomic mass is 16.2. The van der Waals surface area contributed by atoms with Gasteiger partial charge in [-0.25, -0.2) is 9.69 Å². The summed E-state index contributed by atoms with van der Waals surface area (Å²) in [6, 6.07) is -0.850. The Balaban J connectivity index is 1.20. The van der Waals surface area contributed by atoms with Crippen LogP contribution >= 0.6 is 0 Å². The van der Waals surface area contributed by atoms with Crippen LogP contribution in [0.3, 0.4) is 0 Å². The molecule has 1 heterocycles. The lowest BCUT2D eigenvalue weighted by Gasteiger charge is -2.56. The molecule has 2 atom stereocenters. The predicted molar refractivity (Wildman–Crippen MR) is 109 cm³/mol. The molecule has 1 saturated heterocycles. The molecule has 5 amide bonds. The smallest absolute Gasteiger partial charge is 0.334 e. The molecular weight excluding hydrogens is 382 g/mol. The van der Waals surface area contributed by atoms with Crippen LogP contribution in [0.1, 0.15) is 71.1 Å². The normalized spacial score (nSPS) is 40.4. The molecule has 0 spiro atoms. The van der Waals surface area contributed by atoms with Crippen molar-refractivity contribution in [1.29, 1.82) is 0 Å². The van der Waals surface area contributed by atoms with E-state index < -0.39 is 17.8 Å². The molecule has 164 valence electrons. The Morgan fingerprint density at radius 2 is 1.57 bits per heavy atom. The van der Waals surface area contributed by atoms with Gasteiger partial charge in [-0.1, -0.05) is 19.8 Å². The first kappa shape index (κ1) is 20.0. The molecule has 4 bridgehead atoms. The van der Waals surface area contributed by atoms with E-state index in [0.717, 1.165) is 53.2 Å². The second-order valence-electron chi connectivity index (χ2n) is 10.9. The van der Waals surface area contributed by atoms with Gasteiger partial charge in [-0.3, -0.25) is 19.3 Å². The lowest BCUT2D eigenvalue weighted by atomic mass is 9.49. The number of carbonyl (C=O) groups is 4. The van der Waals surface area contributed by atoms with Crippen LogP contribution < -0.4 is 5.32 Å². The number of urea groups is 1. The fourth-order valence-electron chi connectivity index (χ4n) is 7.63. The molecule has 0 aromatic heterocycles. The lowest BCUT2D eigenvalue weighted by Crippen LogP contribution is -2.52. The van der Waals surface area contributed by atoms with Crippen molar-refractivity contribution in [3.05, 3.63) is 0 Å². The first-order valence-corrected chi connectivity index (χ1v) is 11.8. The minimum atomic E-state index is -0.859. The van der Waals surface area contributed by atoms with Gasteiger partial charge in [0.25, 0.3) is 0 Å². The largest absolute Gasteiger partial charge is 0.354 e. The molecule has 6 fully saturated rings. The van der Waals surface area contributed by atoms with Crippen molar-refractivity contribution in [3.8, 4) is 0 Å². The maximum absolute atomic E-state index is 12.9. The van der Waals surface area contributed by atoms with Crippen LogP contribution in [0.15, 0.2) is 0 Å². The number of rotatable bonds is 5. The number of amides is 5. The Kier molecular flexibility index (Phi) is 4.90. The Morgan fingerprint density at radius 3 is 2.17 bits per heavy atom. The molecule has 6 rings (SSSR count). The van der Waals surface area contributed by atoms with E-state index in [1.807, 2.05) is 6.92 Å². The summed E-state index contributed by atoms with van der Waals surface area (Å²) in [7, 11) is 0. The zero-order chi connectivity index (χ0) is 21.0. The van der Waals surface area contributed by atoms with Gasteiger partial charge in [0.2, 0.25) is 5.91 Å². The fraction of sp³-hybridized carbons (Fsp3) is 0.826. The Morgan fingerprint density at radius 1 is 0.967 bits per heavy atom. The quantitative estimate of drug-likeness (QED) is 0.552. The van der Waals surface area contributed by atoms with Crippen LogP contribution in [-0.4, -0.2) is 52.7 Å². The molecular formula is C23H33N3O4. The monoisotopic (exact) mass is 415 g/mol. The van der Waals surface area contributed by atoms with Gasteiger partial charge in [-0.15, -0.1) is 0 Å². The van der Waals surface area contributed by atoms with Crippen LogP contribution in [-0.2, 0) is 14.4 Å². The van der Waals surface area contributed by atoms with Crippen molar-refractivity contribution in [2.24, 2.45) is 29.1 Å². The third-order valence-electron chi connectivity index (χ3n) is 8.61. The third-order valence-corrected chi connectivity index (χ3v) is 8.61. The van der Waals surface area contributed by atoms with E-state index in [9.17, 15) is 19.2 Å². The zero-order valence-corrected chi connectivity index (χ0v) is 17.9. The van der Waals surface area contributed by atoms with Crippen molar-refractivity contribution in [2.75, 3.05) is 13.1 Å². The molecule has 7 heteroatoms. The average molecular weight is 416 g/mol. The molecule has 7 nitrogen and oxygen atoms in total. The fourth-order valence-corrected chi connectivity index (χ4v) is 7.63. The van der Waals surface area contributed by atoms with Crippen LogP contribution in [0, 0.1) is 29.1 Å². The van der Waals surface area contributed by atoms with E-state index in [0.29, 0.717) is 6.54 Å². The van der Waals surface area contributed by atoms with Gasteiger partial charge >= 0.3 is 17.8 Å². The summed E-state index contributed by atoms with van der Waals surface area (Å²) in [5.74, 6) is 0.633. The lowest BCUT2D eigenvalue weighted by molar-refractivity contribution is -0.145. The number of imide groups is 2. The molecule has 6 aliphatic rings. The molecule has 0 radical (unpaired) electrons. The van der Waals surface area contributed by atoms with Crippen LogP contribution in [0.4, 0.5) is 4.79 Å². The van der Waals surface area contributed by atoms with Crippen molar-refractivity contribution in [3.63, 3.8) is 0 Å². The molecule has 5 aliphatic carbocycles. The highest BCUT2D eigenvalue weighted by Gasteiger charge is 2.52. The number of nitrogens with zero attached hydrogens (tertiary/aromatic N) is 2. The van der Waals surface area contributed by atoms with Gasteiger partial charge < -0.3 is 5.32 Å². The van der Waals surface area contributed by atoms with Gasteiger partial charge in [-0.2, -0.15) is 0 Å². The molecule has 1 N–H and O–H groups in total. The molecule has 30 heavy (non-hydrogen) atoms. The molecule has 0 unspecified atom stereocenters. The maximum atomic E-state index is 12.9. The Bertz CT molecular complexity index is 743. The number of hydrogen-bond donors (Lipinski definition) is 1. The summed E-state index contributed by atoms with van der Waals surface area (Å²) in [6.45, 7) is 2.30. The molecule has 0 aromatic rings. The number of carbonyl (C=O) groups excluding carboxylic acids is 4. The van der Waals surface area contributed by atoms with Gasteiger partial charge in [0, 0.05) is 12.6 Å². The molecule has 5 saturated carbocycles. The van der Waals surface area contributed by atoms with Crippen LogP contribution in [0.5, 0.6) is 0 Å². The van der Waals surface area contributed by atoms with E-state index in [2.05, 4.69) is 5.32 Å². The van der Waals surface area contributed by atoms with Crippen molar-refractivity contribution >= 4 is 23.8 Å². The number of nitrogens with one attached hydrogen (secondary N) is 1. The van der Waals surface area contributed by atoms with E-state index in [1.165, 1.54) is 38.5 Å². The van der Waals surface area contributed by atoms with Crippen molar-refractivity contribution in [1.82, 2.24) is 15.1 Å². The average Bonchev–Trinajstić information content (AvgIpc) is 2.89. The highest BCUT2D eigenvalue weighted by molar-refractivity contribution is 6.45. The van der Waals surface area contributed by atoms with Gasteiger partial charge in [0.15, 0.2) is 0 Å². The standard InChI is InChI=1S/C23H33N3O4/c1-14-4-2-3-5-18(14)26-21(29)20(28)25(22(26)30)12-19(27)24-13-23-9-15-6-16(10-23)8-17(7-15)11-23/h14-18H,2-13H2,1H3,(H,24,27)/t14-,15?,16?,17?,18-,23?/m0/s1. The first-order chi connectivity index (χ1) is 14.3. The highest BCUT2D eigenvalue weighted by Crippen LogP contribution is 2.59. The summed E-state index contributed by atoms with van der Waals surface area (Å²) in [6.07, 6.45) is 11.3. The molecule has 0 aromatic carbocycles. The molecule has 1 aliphatic heterocycles. The van der Waals surface area contributed by atoms with E-state index >= 15 is 0 Å². The SMILES string of the molecule is C[C@H]1CCCC[C@@H]1N1C(=O)C(=O)N(CC(=O)NCC23CC4CC(CC(C4)C2)C3)C1=O. The summed E-state index contributed by atoms with van der Waals surface area (Å²) < 4.78 is 0. The maximum Gasteiger partial charge on any atom is 0.334 e. The summed E-state index contributed by atoms with van der Waals surface area (Å²) in [5, 5.41) is 3.01. The summed E-state index contributed by atoms with van der Waals surface area (Å²) in [4.78, 5) is 52.5. The third kappa shape index (κ3) is 3.34. The van der Waals surface area contributed by atoms with E-state index in [4.69, 9.17) is 0 Å². The second-order valence-corrected chi connectivity index (χ2v) is 10.9. The van der Waals surface area contributed by atoms with Gasteiger partial charge in [0.1, 0.15) is 6.54 Å². The van der Waals surface area contributed by atoms with Crippen LogP contribution in [0.2, 0.25) is 0 Å². The van der Waals surface area contributed by atoms with Crippen molar-refractivity contribution < 1.29 is 19.2 Å². The van der Waals surface area contributed by atoms with E-state index in [-0.39, 0.29) is 29.8 Å². The Hall–Kier alpha value is -1.92. The van der Waals surface area contributed by atoms with Gasteiger partial charge in [0.05, 0.1) is 0 Å². The zero-order valence-electron chi connectivity index (χ0n) is 17.9. The van der Waals surface area contributed by atoms with E-state index in [1.54, 1.807) is 0 Å². The van der Waals surface area contributed by atoms with Crippen LogP contribution in [0.25, 0.3) is 0 Å². The second kappa shape index (κ2) is 7.34. The summed E-state index contributed by atoms with van der Waals surface area (Å²) in [5.41, 5.74) is 0.197. The summed E-state index contributed by atoms with van der Waals surface area (Å²) >= 11 is 0. The Labute approximate surface area is 177 Å². The number of hydrogen-bond acceptors (Lipinski definition) is 4. The topological polar surface area (TPSA) is 86.8 Å². The first-order valence-electron chi connectivity index (χ1n) is 11.8. The minimum absolute atomic E-state index is 0.185. The van der Waals surface area contributed by atoms with Crippen molar-refractivity contribution in [2.45, 2.75) is 77.2 Å². The van der Waals surface area contributed by atoms with Gasteiger partial charge in [-0.05, 0) is 80.5 Å². The minimum Gasteiger partial charge on any atom is -0.354 e. The predicted octanol–water partition coefficient (Wildman–Crippen LogP) is 2.69.